The van der Waals surface area contributed by atoms with Crippen LogP contribution >= 0.6 is 0 Å². The SMILES string of the molecule is C=CC[C@@]1(O)CC[C@@H](C)C2=C1CC(C)(C)C2=O. The molecule has 0 saturated carbocycles. The number of hydrogen-bond donors (Lipinski definition) is 1. The first kappa shape index (κ1) is 12.6. The van der Waals surface area contributed by atoms with E-state index in [0.717, 1.165) is 24.0 Å². The number of aliphatic hydroxyl groups is 1. The van der Waals surface area contributed by atoms with E-state index in [9.17, 15) is 9.90 Å². The molecule has 2 heteroatoms. The zero-order chi connectivity index (χ0) is 12.8. The molecule has 0 saturated heterocycles. The average Bonchev–Trinajstić information content (AvgIpc) is 2.48. The average molecular weight is 234 g/mol. The van der Waals surface area contributed by atoms with E-state index in [1.54, 1.807) is 6.08 Å². The Kier molecular flexibility index (Phi) is 2.81. The highest BCUT2D eigenvalue weighted by Crippen LogP contribution is 2.51. The van der Waals surface area contributed by atoms with Gasteiger partial charge in [0.05, 0.1) is 5.60 Å². The normalized spacial score (nSPS) is 36.0. The molecule has 94 valence electrons. The molecule has 0 aliphatic heterocycles. The maximum atomic E-state index is 12.4. The maximum Gasteiger partial charge on any atom is 0.165 e. The Hall–Kier alpha value is -0.890. The fourth-order valence-electron chi connectivity index (χ4n) is 3.27. The van der Waals surface area contributed by atoms with Crippen LogP contribution in [0.2, 0.25) is 0 Å². The Morgan fingerprint density at radius 3 is 2.76 bits per heavy atom. The van der Waals surface area contributed by atoms with E-state index in [4.69, 9.17) is 0 Å². The highest BCUT2D eigenvalue weighted by atomic mass is 16.3. The molecule has 0 aromatic rings. The lowest BCUT2D eigenvalue weighted by Crippen LogP contribution is -2.35. The van der Waals surface area contributed by atoms with E-state index >= 15 is 0 Å². The van der Waals surface area contributed by atoms with Crippen molar-refractivity contribution in [1.82, 2.24) is 0 Å². The molecule has 2 rings (SSSR count). The van der Waals surface area contributed by atoms with Crippen LogP contribution in [0.15, 0.2) is 23.8 Å². The van der Waals surface area contributed by atoms with Gasteiger partial charge in [-0.25, -0.2) is 0 Å². The van der Waals surface area contributed by atoms with Gasteiger partial charge in [0.2, 0.25) is 0 Å². The van der Waals surface area contributed by atoms with Crippen LogP contribution in [-0.2, 0) is 4.79 Å². The fourth-order valence-corrected chi connectivity index (χ4v) is 3.27. The highest BCUT2D eigenvalue weighted by molar-refractivity contribution is 6.03. The van der Waals surface area contributed by atoms with E-state index < -0.39 is 5.60 Å². The third kappa shape index (κ3) is 1.79. The third-order valence-electron chi connectivity index (χ3n) is 4.33. The summed E-state index contributed by atoms with van der Waals surface area (Å²) in [5.74, 6) is 0.534. The van der Waals surface area contributed by atoms with Gasteiger partial charge in [-0.3, -0.25) is 4.79 Å². The number of Topliss-reactive ketones (excluding diaryl/α,β-unsaturated/α-hetero) is 1. The van der Waals surface area contributed by atoms with Crippen molar-refractivity contribution in [3.63, 3.8) is 0 Å². The molecule has 2 nitrogen and oxygen atoms in total. The van der Waals surface area contributed by atoms with Crippen LogP contribution in [0.3, 0.4) is 0 Å². The number of carbonyl (C=O) groups excluding carboxylic acids is 1. The summed E-state index contributed by atoms with van der Waals surface area (Å²) in [7, 11) is 0. The molecule has 2 aliphatic rings. The fraction of sp³-hybridized carbons (Fsp3) is 0.667. The van der Waals surface area contributed by atoms with Crippen LogP contribution in [0.5, 0.6) is 0 Å². The van der Waals surface area contributed by atoms with E-state index in [2.05, 4.69) is 13.5 Å². The van der Waals surface area contributed by atoms with Gasteiger partial charge in [-0.1, -0.05) is 26.8 Å². The summed E-state index contributed by atoms with van der Waals surface area (Å²) in [6.45, 7) is 9.78. The standard InChI is InChI=1S/C15H22O2/c1-5-7-15(17)8-6-10(2)12-11(15)9-14(3,4)13(12)16/h5,10,17H,1,6-9H2,2-4H3/t10-,15-/m1/s1. The molecule has 0 amide bonds. The van der Waals surface area contributed by atoms with Gasteiger partial charge in [0.15, 0.2) is 5.78 Å². The van der Waals surface area contributed by atoms with E-state index in [0.29, 0.717) is 18.8 Å². The molecule has 17 heavy (non-hydrogen) atoms. The zero-order valence-corrected chi connectivity index (χ0v) is 11.0. The Balaban J connectivity index is 2.48. The molecule has 0 radical (unpaired) electrons. The molecule has 0 bridgehead atoms. The molecule has 0 fully saturated rings. The van der Waals surface area contributed by atoms with Gasteiger partial charge in [0.1, 0.15) is 0 Å². The van der Waals surface area contributed by atoms with Gasteiger partial charge in [0, 0.05) is 11.0 Å². The summed E-state index contributed by atoms with van der Waals surface area (Å²) < 4.78 is 0. The second-order valence-corrected chi connectivity index (χ2v) is 6.25. The molecular formula is C15H22O2. The second kappa shape index (κ2) is 3.81. The zero-order valence-electron chi connectivity index (χ0n) is 11.0. The summed E-state index contributed by atoms with van der Waals surface area (Å²) in [6, 6.07) is 0. The second-order valence-electron chi connectivity index (χ2n) is 6.25. The number of rotatable bonds is 2. The Labute approximate surface area is 103 Å². The molecule has 0 aromatic carbocycles. The van der Waals surface area contributed by atoms with Crippen molar-refractivity contribution < 1.29 is 9.90 Å². The first-order valence-electron chi connectivity index (χ1n) is 6.43. The van der Waals surface area contributed by atoms with Gasteiger partial charge in [-0.2, -0.15) is 0 Å². The predicted molar refractivity (Wildman–Crippen MR) is 68.6 cm³/mol. The lowest BCUT2D eigenvalue weighted by Gasteiger charge is -2.36. The summed E-state index contributed by atoms with van der Waals surface area (Å²) in [4.78, 5) is 12.4. The first-order chi connectivity index (χ1) is 7.82. The van der Waals surface area contributed by atoms with Crippen LogP contribution in [0.4, 0.5) is 0 Å². The van der Waals surface area contributed by atoms with Gasteiger partial charge >= 0.3 is 0 Å². The third-order valence-corrected chi connectivity index (χ3v) is 4.33. The summed E-state index contributed by atoms with van der Waals surface area (Å²) in [6.07, 6.45) is 4.67. The van der Waals surface area contributed by atoms with Crippen molar-refractivity contribution >= 4 is 5.78 Å². The van der Waals surface area contributed by atoms with Crippen molar-refractivity contribution in [2.75, 3.05) is 0 Å². The first-order valence-corrected chi connectivity index (χ1v) is 6.43. The van der Waals surface area contributed by atoms with Crippen molar-refractivity contribution in [1.29, 1.82) is 0 Å². The van der Waals surface area contributed by atoms with E-state index in [1.165, 1.54) is 0 Å². The van der Waals surface area contributed by atoms with Gasteiger partial charge in [-0.05, 0) is 37.2 Å². The predicted octanol–water partition coefficient (Wildman–Crippen LogP) is 3.02. The molecule has 0 unspecified atom stereocenters. The van der Waals surface area contributed by atoms with E-state index in [1.807, 2.05) is 13.8 Å². The lowest BCUT2D eigenvalue weighted by atomic mass is 9.74. The van der Waals surface area contributed by atoms with Crippen LogP contribution in [0, 0.1) is 11.3 Å². The van der Waals surface area contributed by atoms with Gasteiger partial charge in [-0.15, -0.1) is 6.58 Å². The minimum atomic E-state index is -0.812. The quantitative estimate of drug-likeness (QED) is 0.746. The van der Waals surface area contributed by atoms with Crippen LogP contribution in [-0.4, -0.2) is 16.5 Å². The summed E-state index contributed by atoms with van der Waals surface area (Å²) in [5.41, 5.74) is 0.752. The Bertz CT molecular complexity index is 403. The number of ketones is 1. The molecule has 1 N–H and O–H groups in total. The Morgan fingerprint density at radius 1 is 1.53 bits per heavy atom. The molecule has 0 heterocycles. The smallest absolute Gasteiger partial charge is 0.165 e. The Morgan fingerprint density at radius 2 is 2.18 bits per heavy atom. The number of carbonyl (C=O) groups is 1. The minimum Gasteiger partial charge on any atom is -0.385 e. The topological polar surface area (TPSA) is 37.3 Å². The van der Waals surface area contributed by atoms with Crippen molar-refractivity contribution in [2.45, 2.75) is 52.1 Å². The molecule has 2 atom stereocenters. The van der Waals surface area contributed by atoms with Gasteiger partial charge in [0.25, 0.3) is 0 Å². The summed E-state index contributed by atoms with van der Waals surface area (Å²) >= 11 is 0. The molecule has 2 aliphatic carbocycles. The van der Waals surface area contributed by atoms with Crippen molar-refractivity contribution in [3.05, 3.63) is 23.8 Å². The van der Waals surface area contributed by atoms with E-state index in [-0.39, 0.29) is 11.2 Å². The van der Waals surface area contributed by atoms with Crippen LogP contribution in [0.25, 0.3) is 0 Å². The monoisotopic (exact) mass is 234 g/mol. The minimum absolute atomic E-state index is 0.238. The largest absolute Gasteiger partial charge is 0.385 e. The van der Waals surface area contributed by atoms with Crippen molar-refractivity contribution in [2.24, 2.45) is 11.3 Å². The number of hydrogen-bond acceptors (Lipinski definition) is 2. The van der Waals surface area contributed by atoms with Crippen LogP contribution < -0.4 is 0 Å². The highest BCUT2D eigenvalue weighted by Gasteiger charge is 2.50. The number of allylic oxidation sites excluding steroid dienone is 1. The van der Waals surface area contributed by atoms with Gasteiger partial charge < -0.3 is 5.11 Å². The summed E-state index contributed by atoms with van der Waals surface area (Å²) in [5, 5.41) is 10.7. The molecule has 0 aromatic heterocycles. The molecule has 0 spiro atoms. The van der Waals surface area contributed by atoms with Crippen molar-refractivity contribution in [3.8, 4) is 0 Å². The van der Waals surface area contributed by atoms with Crippen LogP contribution in [0.1, 0.15) is 46.5 Å². The lowest BCUT2D eigenvalue weighted by molar-refractivity contribution is -0.122. The maximum absolute atomic E-state index is 12.4. The molecular weight excluding hydrogens is 212 g/mol.